The highest BCUT2D eigenvalue weighted by Crippen LogP contribution is 2.36. The highest BCUT2D eigenvalue weighted by atomic mass is 19.1. The van der Waals surface area contributed by atoms with E-state index in [0.717, 1.165) is 38.3 Å². The van der Waals surface area contributed by atoms with Crippen LogP contribution in [0.5, 0.6) is 0 Å². The normalized spacial score (nSPS) is 18.4. The molecule has 2 rings (SSSR count). The summed E-state index contributed by atoms with van der Waals surface area (Å²) in [5.74, 6) is 0.484. The van der Waals surface area contributed by atoms with Crippen LogP contribution in [0.4, 0.5) is 4.39 Å². The first kappa shape index (κ1) is 21.3. The van der Waals surface area contributed by atoms with E-state index < -0.39 is 0 Å². The van der Waals surface area contributed by atoms with Gasteiger partial charge in [0.2, 0.25) is 0 Å². The summed E-state index contributed by atoms with van der Waals surface area (Å²) < 4.78 is 13.2. The van der Waals surface area contributed by atoms with E-state index in [1.54, 1.807) is 12.1 Å². The molecule has 0 aromatic heterocycles. The molecule has 0 bridgehead atoms. The van der Waals surface area contributed by atoms with E-state index in [4.69, 9.17) is 0 Å². The summed E-state index contributed by atoms with van der Waals surface area (Å²) in [5, 5.41) is 7.48. The van der Waals surface area contributed by atoms with E-state index in [0.29, 0.717) is 12.0 Å². The molecule has 1 aromatic carbocycles. The Morgan fingerprint density at radius 2 is 1.62 bits per heavy atom. The number of benzene rings is 1. The van der Waals surface area contributed by atoms with Gasteiger partial charge in [0.15, 0.2) is 0 Å². The molecule has 1 aliphatic heterocycles. The second-order valence-corrected chi connectivity index (χ2v) is 7.59. The fraction of sp³-hybridized carbons (Fsp3) is 0.727. The highest BCUT2D eigenvalue weighted by Gasteiger charge is 2.45. The maximum Gasteiger partial charge on any atom is 0.123 e. The summed E-state index contributed by atoms with van der Waals surface area (Å²) in [6, 6.07) is 7.38. The average Bonchev–Trinajstić information content (AvgIpc) is 2.68. The molecule has 0 aliphatic carbocycles. The first-order valence-corrected chi connectivity index (χ1v) is 10.5. The molecular formula is C22H38FN3. The fourth-order valence-electron chi connectivity index (χ4n) is 4.92. The van der Waals surface area contributed by atoms with Crippen molar-refractivity contribution in [2.45, 2.75) is 71.5 Å². The average molecular weight is 364 g/mol. The number of hydrogen-bond acceptors (Lipinski definition) is 3. The molecule has 0 saturated carbocycles. The zero-order valence-corrected chi connectivity index (χ0v) is 17.2. The standard InChI is InChI=1S/C22H38FN3/c1-5-19(6-2)21(25-17-18-9-11-20(23)12-10-18)22(26(7-3)8-4)13-15-24-16-14-22/h9-12,19,21,24-25H,5-8,13-17H2,1-4H3. The number of nitrogens with one attached hydrogen (secondary N) is 2. The van der Waals surface area contributed by atoms with E-state index in [-0.39, 0.29) is 11.4 Å². The first-order chi connectivity index (χ1) is 12.6. The number of rotatable bonds is 10. The summed E-state index contributed by atoms with van der Waals surface area (Å²) >= 11 is 0. The summed E-state index contributed by atoms with van der Waals surface area (Å²) in [6.07, 6.45) is 4.75. The molecule has 0 radical (unpaired) electrons. The summed E-state index contributed by atoms with van der Waals surface area (Å²) in [5.41, 5.74) is 1.36. The molecule has 0 amide bonds. The predicted molar refractivity (Wildman–Crippen MR) is 109 cm³/mol. The molecule has 0 spiro atoms. The molecule has 2 N–H and O–H groups in total. The molecule has 1 fully saturated rings. The predicted octanol–water partition coefficient (Wildman–Crippen LogP) is 4.18. The van der Waals surface area contributed by atoms with Gasteiger partial charge in [-0.1, -0.05) is 52.7 Å². The Hall–Kier alpha value is -0.970. The molecule has 1 heterocycles. The lowest BCUT2D eigenvalue weighted by atomic mass is 9.72. The Labute approximate surface area is 159 Å². The largest absolute Gasteiger partial charge is 0.317 e. The van der Waals surface area contributed by atoms with Gasteiger partial charge in [-0.2, -0.15) is 0 Å². The third-order valence-corrected chi connectivity index (χ3v) is 6.40. The fourth-order valence-corrected chi connectivity index (χ4v) is 4.92. The van der Waals surface area contributed by atoms with Crippen LogP contribution in [-0.4, -0.2) is 42.7 Å². The van der Waals surface area contributed by atoms with Gasteiger partial charge < -0.3 is 10.6 Å². The van der Waals surface area contributed by atoms with Crippen LogP contribution in [0.2, 0.25) is 0 Å². The van der Waals surface area contributed by atoms with Crippen LogP contribution in [0.15, 0.2) is 24.3 Å². The smallest absolute Gasteiger partial charge is 0.123 e. The second-order valence-electron chi connectivity index (χ2n) is 7.59. The van der Waals surface area contributed by atoms with E-state index in [1.165, 1.54) is 25.7 Å². The van der Waals surface area contributed by atoms with Gasteiger partial charge in [0.05, 0.1) is 0 Å². The van der Waals surface area contributed by atoms with Gasteiger partial charge in [-0.25, -0.2) is 4.39 Å². The van der Waals surface area contributed by atoms with Gasteiger partial charge in [-0.3, -0.25) is 4.90 Å². The topological polar surface area (TPSA) is 27.3 Å². The van der Waals surface area contributed by atoms with Crippen molar-refractivity contribution in [1.82, 2.24) is 15.5 Å². The van der Waals surface area contributed by atoms with Crippen LogP contribution in [0.25, 0.3) is 0 Å². The van der Waals surface area contributed by atoms with Crippen molar-refractivity contribution in [2.75, 3.05) is 26.2 Å². The van der Waals surface area contributed by atoms with Gasteiger partial charge >= 0.3 is 0 Å². The number of hydrogen-bond donors (Lipinski definition) is 2. The molecule has 1 saturated heterocycles. The van der Waals surface area contributed by atoms with Crippen LogP contribution in [-0.2, 0) is 6.54 Å². The number of nitrogens with zero attached hydrogens (tertiary/aromatic N) is 1. The van der Waals surface area contributed by atoms with Crippen LogP contribution in [0, 0.1) is 11.7 Å². The zero-order chi connectivity index (χ0) is 19.0. The molecule has 4 heteroatoms. The lowest BCUT2D eigenvalue weighted by Gasteiger charge is -2.53. The lowest BCUT2D eigenvalue weighted by Crippen LogP contribution is -2.66. The third kappa shape index (κ3) is 4.85. The van der Waals surface area contributed by atoms with E-state index in [9.17, 15) is 4.39 Å². The molecular weight excluding hydrogens is 325 g/mol. The van der Waals surface area contributed by atoms with Gasteiger partial charge in [0.25, 0.3) is 0 Å². The van der Waals surface area contributed by atoms with Crippen molar-refractivity contribution in [2.24, 2.45) is 5.92 Å². The highest BCUT2D eigenvalue weighted by molar-refractivity contribution is 5.16. The Bertz CT molecular complexity index is 503. The van der Waals surface area contributed by atoms with Crippen molar-refractivity contribution in [3.8, 4) is 0 Å². The molecule has 1 atom stereocenters. The quantitative estimate of drug-likeness (QED) is 0.653. The van der Waals surface area contributed by atoms with Crippen molar-refractivity contribution in [3.05, 3.63) is 35.6 Å². The maximum atomic E-state index is 13.2. The monoisotopic (exact) mass is 363 g/mol. The summed E-state index contributed by atoms with van der Waals surface area (Å²) in [7, 11) is 0. The van der Waals surface area contributed by atoms with Crippen molar-refractivity contribution in [3.63, 3.8) is 0 Å². The Balaban J connectivity index is 2.28. The number of likely N-dealkylation sites (N-methyl/N-ethyl adjacent to an activating group) is 1. The molecule has 26 heavy (non-hydrogen) atoms. The van der Waals surface area contributed by atoms with Gasteiger partial charge in [0.1, 0.15) is 5.82 Å². The molecule has 1 unspecified atom stereocenters. The van der Waals surface area contributed by atoms with Crippen LogP contribution < -0.4 is 10.6 Å². The molecule has 148 valence electrons. The van der Waals surface area contributed by atoms with Crippen LogP contribution in [0.1, 0.15) is 58.9 Å². The number of piperidine rings is 1. The lowest BCUT2D eigenvalue weighted by molar-refractivity contribution is 0.00597. The van der Waals surface area contributed by atoms with Gasteiger partial charge in [-0.05, 0) is 62.6 Å². The Morgan fingerprint density at radius 1 is 1.04 bits per heavy atom. The van der Waals surface area contributed by atoms with Crippen molar-refractivity contribution >= 4 is 0 Å². The third-order valence-electron chi connectivity index (χ3n) is 6.40. The Morgan fingerprint density at radius 3 is 2.12 bits per heavy atom. The first-order valence-electron chi connectivity index (χ1n) is 10.5. The van der Waals surface area contributed by atoms with Gasteiger partial charge in [-0.15, -0.1) is 0 Å². The minimum Gasteiger partial charge on any atom is -0.317 e. The van der Waals surface area contributed by atoms with E-state index >= 15 is 0 Å². The summed E-state index contributed by atoms with van der Waals surface area (Å²) in [4.78, 5) is 2.69. The maximum absolute atomic E-state index is 13.2. The second kappa shape index (κ2) is 10.4. The molecule has 1 aromatic rings. The van der Waals surface area contributed by atoms with Crippen LogP contribution in [0.3, 0.4) is 0 Å². The molecule has 3 nitrogen and oxygen atoms in total. The van der Waals surface area contributed by atoms with Crippen molar-refractivity contribution < 1.29 is 4.39 Å². The zero-order valence-electron chi connectivity index (χ0n) is 17.2. The van der Waals surface area contributed by atoms with E-state index in [2.05, 4.69) is 43.2 Å². The minimum atomic E-state index is -0.164. The molecule has 1 aliphatic rings. The number of halogens is 1. The van der Waals surface area contributed by atoms with Gasteiger partial charge in [0, 0.05) is 18.1 Å². The minimum absolute atomic E-state index is 0.164. The van der Waals surface area contributed by atoms with Crippen LogP contribution >= 0.6 is 0 Å². The Kier molecular flexibility index (Phi) is 8.52. The SMILES string of the molecule is CCC(CC)C(NCc1ccc(F)cc1)C1(N(CC)CC)CCNCC1. The van der Waals surface area contributed by atoms with Crippen molar-refractivity contribution in [1.29, 1.82) is 0 Å². The summed E-state index contributed by atoms with van der Waals surface area (Å²) in [6.45, 7) is 14.4. The van der Waals surface area contributed by atoms with E-state index in [1.807, 2.05) is 12.1 Å².